The zero-order valence-electron chi connectivity index (χ0n) is 10.6. The first-order chi connectivity index (χ1) is 8.12. The highest BCUT2D eigenvalue weighted by molar-refractivity contribution is 5.83. The Balaban J connectivity index is 1.76. The minimum absolute atomic E-state index is 0.510. The van der Waals surface area contributed by atoms with Gasteiger partial charge in [0, 0.05) is 28.8 Å². The van der Waals surface area contributed by atoms with Crippen molar-refractivity contribution in [2.45, 2.75) is 39.2 Å². The SMILES string of the molecule is CC1(C)CCC(Nc2ccc3[nH]ccc3c2)C1. The highest BCUT2D eigenvalue weighted by Gasteiger charge is 2.30. The van der Waals surface area contributed by atoms with Gasteiger partial charge in [0.1, 0.15) is 0 Å². The molecular formula is C15H20N2. The molecule has 1 heterocycles. The second kappa shape index (κ2) is 3.80. The molecular weight excluding hydrogens is 208 g/mol. The van der Waals surface area contributed by atoms with Gasteiger partial charge in [-0.2, -0.15) is 0 Å². The quantitative estimate of drug-likeness (QED) is 0.793. The van der Waals surface area contributed by atoms with Crippen molar-refractivity contribution in [3.05, 3.63) is 30.5 Å². The van der Waals surface area contributed by atoms with Crippen LogP contribution in [-0.4, -0.2) is 11.0 Å². The molecule has 0 bridgehead atoms. The molecule has 1 fully saturated rings. The molecule has 1 saturated carbocycles. The van der Waals surface area contributed by atoms with E-state index in [0.29, 0.717) is 11.5 Å². The summed E-state index contributed by atoms with van der Waals surface area (Å²) in [6.45, 7) is 4.73. The molecule has 17 heavy (non-hydrogen) atoms. The van der Waals surface area contributed by atoms with E-state index < -0.39 is 0 Å². The van der Waals surface area contributed by atoms with Crippen molar-refractivity contribution in [1.82, 2.24) is 4.98 Å². The fraction of sp³-hybridized carbons (Fsp3) is 0.467. The van der Waals surface area contributed by atoms with Crippen LogP contribution in [0.2, 0.25) is 0 Å². The third kappa shape index (κ3) is 2.17. The number of hydrogen-bond acceptors (Lipinski definition) is 1. The zero-order chi connectivity index (χ0) is 11.9. The lowest BCUT2D eigenvalue weighted by atomic mass is 9.92. The van der Waals surface area contributed by atoms with Crippen LogP contribution in [0.4, 0.5) is 5.69 Å². The van der Waals surface area contributed by atoms with Gasteiger partial charge in [-0.3, -0.25) is 0 Å². The maximum Gasteiger partial charge on any atom is 0.0455 e. The van der Waals surface area contributed by atoms with Crippen molar-refractivity contribution < 1.29 is 0 Å². The molecule has 0 aliphatic heterocycles. The number of aromatic nitrogens is 1. The zero-order valence-corrected chi connectivity index (χ0v) is 10.6. The average Bonchev–Trinajstić information content (AvgIpc) is 2.84. The van der Waals surface area contributed by atoms with E-state index in [4.69, 9.17) is 0 Å². The summed E-state index contributed by atoms with van der Waals surface area (Å²) in [5, 5.41) is 4.95. The molecule has 3 rings (SSSR count). The van der Waals surface area contributed by atoms with Crippen molar-refractivity contribution >= 4 is 16.6 Å². The largest absolute Gasteiger partial charge is 0.382 e. The van der Waals surface area contributed by atoms with Gasteiger partial charge in [-0.05, 0) is 48.9 Å². The first-order valence-corrected chi connectivity index (χ1v) is 6.46. The van der Waals surface area contributed by atoms with Gasteiger partial charge in [-0.1, -0.05) is 13.8 Å². The Morgan fingerprint density at radius 1 is 1.29 bits per heavy atom. The van der Waals surface area contributed by atoms with E-state index in [0.717, 1.165) is 0 Å². The fourth-order valence-electron chi connectivity index (χ4n) is 2.94. The monoisotopic (exact) mass is 228 g/mol. The van der Waals surface area contributed by atoms with Gasteiger partial charge >= 0.3 is 0 Å². The van der Waals surface area contributed by atoms with Crippen LogP contribution in [0.15, 0.2) is 30.5 Å². The van der Waals surface area contributed by atoms with E-state index in [9.17, 15) is 0 Å². The van der Waals surface area contributed by atoms with Crippen molar-refractivity contribution in [3.8, 4) is 0 Å². The number of hydrogen-bond donors (Lipinski definition) is 2. The highest BCUT2D eigenvalue weighted by atomic mass is 14.9. The number of benzene rings is 1. The van der Waals surface area contributed by atoms with Crippen LogP contribution in [0.5, 0.6) is 0 Å². The third-order valence-electron chi connectivity index (χ3n) is 3.89. The summed E-state index contributed by atoms with van der Waals surface area (Å²) in [5.41, 5.74) is 2.97. The minimum atomic E-state index is 0.510. The van der Waals surface area contributed by atoms with Gasteiger partial charge in [0.15, 0.2) is 0 Å². The van der Waals surface area contributed by atoms with Crippen LogP contribution in [0.1, 0.15) is 33.1 Å². The number of anilines is 1. The predicted octanol–water partition coefficient (Wildman–Crippen LogP) is 4.16. The molecule has 2 heteroatoms. The van der Waals surface area contributed by atoms with Gasteiger partial charge in [0.25, 0.3) is 0 Å². The lowest BCUT2D eigenvalue weighted by Crippen LogP contribution is -2.17. The summed E-state index contributed by atoms with van der Waals surface area (Å²) >= 11 is 0. The number of aromatic amines is 1. The fourth-order valence-corrected chi connectivity index (χ4v) is 2.94. The highest BCUT2D eigenvalue weighted by Crippen LogP contribution is 2.38. The van der Waals surface area contributed by atoms with E-state index in [2.05, 4.69) is 48.4 Å². The Bertz CT molecular complexity index is 524. The van der Waals surface area contributed by atoms with Crippen LogP contribution >= 0.6 is 0 Å². The summed E-state index contributed by atoms with van der Waals surface area (Å²) < 4.78 is 0. The second-order valence-corrected chi connectivity index (χ2v) is 6.03. The lowest BCUT2D eigenvalue weighted by Gasteiger charge is -2.18. The Morgan fingerprint density at radius 3 is 2.94 bits per heavy atom. The standard InChI is InChI=1S/C15H20N2/c1-15(2)7-5-13(10-15)17-12-3-4-14-11(9-12)6-8-16-14/h3-4,6,8-9,13,16-17H,5,7,10H2,1-2H3. The van der Waals surface area contributed by atoms with E-state index in [1.54, 1.807) is 0 Å². The maximum atomic E-state index is 3.66. The Morgan fingerprint density at radius 2 is 2.18 bits per heavy atom. The number of nitrogens with one attached hydrogen (secondary N) is 2. The van der Waals surface area contributed by atoms with Gasteiger partial charge in [-0.15, -0.1) is 0 Å². The number of rotatable bonds is 2. The topological polar surface area (TPSA) is 27.8 Å². The number of H-pyrrole nitrogens is 1. The van der Waals surface area contributed by atoms with E-state index in [-0.39, 0.29) is 0 Å². The molecule has 0 spiro atoms. The smallest absolute Gasteiger partial charge is 0.0455 e. The number of fused-ring (bicyclic) bond motifs is 1. The predicted molar refractivity (Wildman–Crippen MR) is 73.3 cm³/mol. The minimum Gasteiger partial charge on any atom is -0.382 e. The normalized spacial score (nSPS) is 23.1. The van der Waals surface area contributed by atoms with Crippen molar-refractivity contribution in [3.63, 3.8) is 0 Å². The summed E-state index contributed by atoms with van der Waals surface area (Å²) in [6.07, 6.45) is 5.89. The average molecular weight is 228 g/mol. The molecule has 2 aromatic rings. The summed E-state index contributed by atoms with van der Waals surface area (Å²) in [6, 6.07) is 9.32. The third-order valence-corrected chi connectivity index (χ3v) is 3.89. The molecule has 1 aliphatic carbocycles. The van der Waals surface area contributed by atoms with E-state index >= 15 is 0 Å². The van der Waals surface area contributed by atoms with E-state index in [1.807, 2.05) is 6.20 Å². The lowest BCUT2D eigenvalue weighted by molar-refractivity contribution is 0.378. The van der Waals surface area contributed by atoms with Crippen LogP contribution in [-0.2, 0) is 0 Å². The maximum absolute atomic E-state index is 3.66. The van der Waals surface area contributed by atoms with Crippen LogP contribution < -0.4 is 5.32 Å². The molecule has 2 N–H and O–H groups in total. The molecule has 0 amide bonds. The van der Waals surface area contributed by atoms with E-state index in [1.165, 1.54) is 35.9 Å². The summed E-state index contributed by atoms with van der Waals surface area (Å²) in [7, 11) is 0. The van der Waals surface area contributed by atoms with Crippen molar-refractivity contribution in [1.29, 1.82) is 0 Å². The van der Waals surface area contributed by atoms with Gasteiger partial charge in [-0.25, -0.2) is 0 Å². The first-order valence-electron chi connectivity index (χ1n) is 6.46. The van der Waals surface area contributed by atoms with Crippen LogP contribution in [0.3, 0.4) is 0 Å². The van der Waals surface area contributed by atoms with Gasteiger partial charge in [0.05, 0.1) is 0 Å². The second-order valence-electron chi connectivity index (χ2n) is 6.03. The molecule has 0 saturated heterocycles. The molecule has 2 nitrogen and oxygen atoms in total. The molecule has 90 valence electrons. The molecule has 1 aromatic carbocycles. The molecule has 1 unspecified atom stereocenters. The van der Waals surface area contributed by atoms with Crippen molar-refractivity contribution in [2.24, 2.45) is 5.41 Å². The first kappa shape index (κ1) is 10.7. The van der Waals surface area contributed by atoms with Crippen LogP contribution in [0.25, 0.3) is 10.9 Å². The summed E-state index contributed by atoms with van der Waals surface area (Å²) in [5.74, 6) is 0. The molecule has 1 aliphatic rings. The summed E-state index contributed by atoms with van der Waals surface area (Å²) in [4.78, 5) is 3.23. The Kier molecular flexibility index (Phi) is 2.39. The molecule has 1 atom stereocenters. The molecule has 1 aromatic heterocycles. The van der Waals surface area contributed by atoms with Gasteiger partial charge in [0.2, 0.25) is 0 Å². The van der Waals surface area contributed by atoms with Crippen molar-refractivity contribution in [2.75, 3.05) is 5.32 Å². The Hall–Kier alpha value is -1.44. The van der Waals surface area contributed by atoms with Gasteiger partial charge < -0.3 is 10.3 Å². The molecule has 0 radical (unpaired) electrons. The van der Waals surface area contributed by atoms with Crippen LogP contribution in [0, 0.1) is 5.41 Å². The Labute approximate surface area is 102 Å².